The monoisotopic (exact) mass is 266 g/mol. The Morgan fingerprint density at radius 1 is 0.800 bits per heavy atom. The minimum atomic E-state index is -0.798. The summed E-state index contributed by atoms with van der Waals surface area (Å²) in [7, 11) is 0. The molecule has 0 radical (unpaired) electrons. The molecule has 2 aromatic rings. The minimum Gasteiger partial charge on any atom is -0.394 e. The van der Waals surface area contributed by atoms with E-state index in [0.29, 0.717) is 11.5 Å². The molecule has 0 atom stereocenters. The molecule has 0 fully saturated rings. The fourth-order valence-electron chi connectivity index (χ4n) is 1.68. The number of benzene rings is 2. The van der Waals surface area contributed by atoms with Crippen molar-refractivity contribution in [3.63, 3.8) is 0 Å². The summed E-state index contributed by atoms with van der Waals surface area (Å²) in [5.41, 5.74) is 1.45. The second-order valence-corrected chi connectivity index (χ2v) is 3.94. The van der Waals surface area contributed by atoms with E-state index in [1.165, 1.54) is 0 Å². The zero-order chi connectivity index (χ0) is 14.4. The van der Waals surface area contributed by atoms with Gasteiger partial charge in [-0.2, -0.15) is 0 Å². The molecule has 0 unspecified atom stereocenters. The number of para-hydroxylation sites is 2. The molecular formula is C17H14O3. The molecular weight excluding hydrogens is 252 g/mol. The summed E-state index contributed by atoms with van der Waals surface area (Å²) in [6.45, 7) is 7.33. The molecule has 0 aliphatic carbocycles. The molecule has 0 amide bonds. The lowest BCUT2D eigenvalue weighted by molar-refractivity contribution is 0.151. The normalized spacial score (nSPS) is 9.60. The van der Waals surface area contributed by atoms with Gasteiger partial charge in [0.25, 0.3) is 0 Å². The number of hydrogen-bond donors (Lipinski definition) is 0. The second kappa shape index (κ2) is 6.38. The van der Waals surface area contributed by atoms with Gasteiger partial charge in [0, 0.05) is 11.1 Å². The molecule has 2 aromatic carbocycles. The van der Waals surface area contributed by atoms with Gasteiger partial charge < -0.3 is 9.47 Å². The van der Waals surface area contributed by atoms with Crippen molar-refractivity contribution in [2.75, 3.05) is 0 Å². The molecule has 3 nitrogen and oxygen atoms in total. The van der Waals surface area contributed by atoms with Crippen LogP contribution in [0, 0.1) is 0 Å². The quantitative estimate of drug-likeness (QED) is 0.601. The largest absolute Gasteiger partial charge is 0.519 e. The molecule has 0 heterocycles. The lowest BCUT2D eigenvalue weighted by atomic mass is 10.2. The SMILES string of the molecule is C=Cc1ccccc1OC(=O)Oc1ccccc1C=C. The van der Waals surface area contributed by atoms with Crippen molar-refractivity contribution in [2.24, 2.45) is 0 Å². The molecule has 0 bridgehead atoms. The highest BCUT2D eigenvalue weighted by atomic mass is 16.7. The van der Waals surface area contributed by atoms with Gasteiger partial charge in [-0.05, 0) is 12.1 Å². The smallest absolute Gasteiger partial charge is 0.394 e. The van der Waals surface area contributed by atoms with E-state index in [9.17, 15) is 4.79 Å². The van der Waals surface area contributed by atoms with Gasteiger partial charge in [0.05, 0.1) is 0 Å². The Balaban J connectivity index is 2.13. The zero-order valence-electron chi connectivity index (χ0n) is 10.9. The highest BCUT2D eigenvalue weighted by Crippen LogP contribution is 2.22. The standard InChI is InChI=1S/C17H14O3/c1-3-13-9-5-7-11-15(13)19-17(18)20-16-12-8-6-10-14(16)4-2/h3-12H,1-2H2. The summed E-state index contributed by atoms with van der Waals surface area (Å²) in [6, 6.07) is 14.2. The van der Waals surface area contributed by atoms with E-state index in [-0.39, 0.29) is 0 Å². The minimum absolute atomic E-state index is 0.406. The van der Waals surface area contributed by atoms with E-state index in [1.807, 2.05) is 12.1 Å². The number of carbonyl (C=O) groups is 1. The Kier molecular flexibility index (Phi) is 4.35. The Bertz CT molecular complexity index is 589. The van der Waals surface area contributed by atoms with Crippen LogP contribution >= 0.6 is 0 Å². The van der Waals surface area contributed by atoms with Crippen molar-refractivity contribution in [1.29, 1.82) is 0 Å². The van der Waals surface area contributed by atoms with Crippen molar-refractivity contribution in [3.8, 4) is 11.5 Å². The van der Waals surface area contributed by atoms with Crippen LogP contribution in [0.1, 0.15) is 11.1 Å². The molecule has 2 rings (SSSR count). The second-order valence-electron chi connectivity index (χ2n) is 3.94. The van der Waals surface area contributed by atoms with Gasteiger partial charge in [0.1, 0.15) is 11.5 Å². The van der Waals surface area contributed by atoms with Crippen LogP contribution in [0.2, 0.25) is 0 Å². The lowest BCUT2D eigenvalue weighted by Gasteiger charge is -2.09. The van der Waals surface area contributed by atoms with Gasteiger partial charge in [-0.1, -0.05) is 61.7 Å². The van der Waals surface area contributed by atoms with Crippen molar-refractivity contribution in [1.82, 2.24) is 0 Å². The molecule has 0 saturated heterocycles. The van der Waals surface area contributed by atoms with Crippen LogP contribution in [0.3, 0.4) is 0 Å². The Morgan fingerprint density at radius 2 is 1.20 bits per heavy atom. The average molecular weight is 266 g/mol. The third-order valence-corrected chi connectivity index (χ3v) is 2.66. The van der Waals surface area contributed by atoms with Gasteiger partial charge in [-0.25, -0.2) is 4.79 Å². The van der Waals surface area contributed by atoms with Crippen LogP contribution in [-0.4, -0.2) is 6.16 Å². The number of carbonyl (C=O) groups excluding carboxylic acids is 1. The number of ether oxygens (including phenoxy) is 2. The molecule has 0 aliphatic rings. The van der Waals surface area contributed by atoms with Gasteiger partial charge in [0.2, 0.25) is 0 Å². The van der Waals surface area contributed by atoms with E-state index in [0.717, 1.165) is 11.1 Å². The van der Waals surface area contributed by atoms with Crippen LogP contribution in [0.15, 0.2) is 61.7 Å². The van der Waals surface area contributed by atoms with Crippen molar-refractivity contribution >= 4 is 18.3 Å². The maximum Gasteiger partial charge on any atom is 0.519 e. The molecule has 3 heteroatoms. The first kappa shape index (κ1) is 13.6. The van der Waals surface area contributed by atoms with Crippen LogP contribution < -0.4 is 9.47 Å². The van der Waals surface area contributed by atoms with Gasteiger partial charge in [-0.15, -0.1) is 0 Å². The predicted molar refractivity (Wildman–Crippen MR) is 79.7 cm³/mol. The highest BCUT2D eigenvalue weighted by Gasteiger charge is 2.11. The third kappa shape index (κ3) is 3.14. The van der Waals surface area contributed by atoms with Crippen LogP contribution in [0.25, 0.3) is 12.2 Å². The summed E-state index contributed by atoms with van der Waals surface area (Å²) in [6.07, 6.45) is 2.43. The van der Waals surface area contributed by atoms with Crippen molar-refractivity contribution < 1.29 is 14.3 Å². The topological polar surface area (TPSA) is 35.5 Å². The maximum atomic E-state index is 11.8. The van der Waals surface area contributed by atoms with Crippen LogP contribution in [0.4, 0.5) is 4.79 Å². The first-order valence-electron chi connectivity index (χ1n) is 6.07. The molecule has 0 spiro atoms. The number of rotatable bonds is 4. The van der Waals surface area contributed by atoms with Crippen LogP contribution in [-0.2, 0) is 0 Å². The van der Waals surface area contributed by atoms with Gasteiger partial charge in [-0.3, -0.25) is 0 Å². The van der Waals surface area contributed by atoms with E-state index in [4.69, 9.17) is 9.47 Å². The maximum absolute atomic E-state index is 11.8. The van der Waals surface area contributed by atoms with Gasteiger partial charge >= 0.3 is 6.16 Å². The Morgan fingerprint density at radius 3 is 1.60 bits per heavy atom. The van der Waals surface area contributed by atoms with E-state index in [2.05, 4.69) is 13.2 Å². The average Bonchev–Trinajstić information content (AvgIpc) is 2.48. The summed E-state index contributed by atoms with van der Waals surface area (Å²) >= 11 is 0. The molecule has 20 heavy (non-hydrogen) atoms. The van der Waals surface area contributed by atoms with Crippen molar-refractivity contribution in [3.05, 3.63) is 72.8 Å². The molecule has 0 N–H and O–H groups in total. The molecule has 0 aromatic heterocycles. The van der Waals surface area contributed by atoms with Gasteiger partial charge in [0.15, 0.2) is 0 Å². The van der Waals surface area contributed by atoms with Crippen LogP contribution in [0.5, 0.6) is 11.5 Å². The Hall–Kier alpha value is -2.81. The Labute approximate surface area is 117 Å². The zero-order valence-corrected chi connectivity index (χ0v) is 10.9. The molecule has 0 aliphatic heterocycles. The molecule has 0 saturated carbocycles. The predicted octanol–water partition coefficient (Wildman–Crippen LogP) is 4.55. The summed E-state index contributed by atoms with van der Waals surface area (Å²) in [4.78, 5) is 11.8. The number of hydrogen-bond acceptors (Lipinski definition) is 3. The first-order chi connectivity index (χ1) is 9.74. The third-order valence-electron chi connectivity index (χ3n) is 2.66. The van der Waals surface area contributed by atoms with E-state index < -0.39 is 6.16 Å². The summed E-state index contributed by atoms with van der Waals surface area (Å²) in [5, 5.41) is 0. The van der Waals surface area contributed by atoms with E-state index >= 15 is 0 Å². The highest BCUT2D eigenvalue weighted by molar-refractivity contribution is 5.71. The summed E-state index contributed by atoms with van der Waals surface area (Å²) < 4.78 is 10.3. The first-order valence-corrected chi connectivity index (χ1v) is 6.07. The fraction of sp³-hybridized carbons (Fsp3) is 0. The fourth-order valence-corrected chi connectivity index (χ4v) is 1.68. The van der Waals surface area contributed by atoms with E-state index in [1.54, 1.807) is 48.6 Å². The molecule has 100 valence electrons. The summed E-state index contributed by atoms with van der Waals surface area (Å²) in [5.74, 6) is 0.812. The lowest BCUT2D eigenvalue weighted by Crippen LogP contribution is -2.14. The van der Waals surface area contributed by atoms with Crippen molar-refractivity contribution in [2.45, 2.75) is 0 Å².